The average Bonchev–Trinajstić information content (AvgIpc) is 3.13. The van der Waals surface area contributed by atoms with Crippen molar-refractivity contribution >= 4 is 33.0 Å². The maximum Gasteiger partial charge on any atom is 0.439 e. The summed E-state index contributed by atoms with van der Waals surface area (Å²) in [7, 11) is 0. The second-order valence-corrected chi connectivity index (χ2v) is 5.84. The van der Waals surface area contributed by atoms with Crippen LogP contribution in [0.15, 0.2) is 54.8 Å². The largest absolute Gasteiger partial charge is 0.439 e. The Labute approximate surface area is 136 Å². The van der Waals surface area contributed by atoms with Crippen LogP contribution >= 0.6 is 27.3 Å². The van der Waals surface area contributed by atoms with Crippen LogP contribution in [0.5, 0.6) is 0 Å². The third kappa shape index (κ3) is 3.49. The maximum atomic E-state index is 11.1. The Bertz CT molecular complexity index is 840. The van der Waals surface area contributed by atoms with Gasteiger partial charge in [0.25, 0.3) is 0 Å². The number of H-pyrrole nitrogens is 1. The Morgan fingerprint density at radius 2 is 2.23 bits per heavy atom. The van der Waals surface area contributed by atoms with Crippen molar-refractivity contribution < 1.29 is 9.36 Å². The van der Waals surface area contributed by atoms with Gasteiger partial charge in [0.2, 0.25) is 5.82 Å². The molecule has 7 nitrogen and oxygen atoms in total. The van der Waals surface area contributed by atoms with E-state index in [2.05, 4.69) is 40.7 Å². The van der Waals surface area contributed by atoms with Crippen molar-refractivity contribution in [3.63, 3.8) is 0 Å². The summed E-state index contributed by atoms with van der Waals surface area (Å²) >= 11 is 4.73. The molecule has 0 saturated heterocycles. The lowest BCUT2D eigenvalue weighted by Crippen LogP contribution is -2.08. The van der Waals surface area contributed by atoms with Crippen LogP contribution in [-0.4, -0.2) is 20.8 Å². The van der Waals surface area contributed by atoms with Gasteiger partial charge in [-0.3, -0.25) is 9.51 Å². The normalized spacial score (nSPS) is 11.6. The highest BCUT2D eigenvalue weighted by molar-refractivity contribution is 9.10. The van der Waals surface area contributed by atoms with Gasteiger partial charge in [-0.1, -0.05) is 40.6 Å². The minimum absolute atomic E-state index is 0.205. The van der Waals surface area contributed by atoms with Crippen LogP contribution in [0.4, 0.5) is 0 Å². The van der Waals surface area contributed by atoms with E-state index < -0.39 is 5.76 Å². The molecule has 112 valence electrons. The van der Waals surface area contributed by atoms with Crippen LogP contribution in [0.25, 0.3) is 0 Å². The standard InChI is InChI=1S/C13H9BrN4O3S/c14-9-7-22-10(15-9)6-20-17-11(8-4-2-1-3-5-8)12-16-13(19)21-18-12/h1-5,7H,6H2,(H,16,18,19)/b17-11-. The number of oxime groups is 1. The number of aromatic amines is 1. The zero-order chi connectivity index (χ0) is 15.4. The average molecular weight is 381 g/mol. The molecule has 0 radical (unpaired) electrons. The van der Waals surface area contributed by atoms with Crippen molar-refractivity contribution in [1.82, 2.24) is 15.1 Å². The van der Waals surface area contributed by atoms with Crippen molar-refractivity contribution in [3.8, 4) is 0 Å². The van der Waals surface area contributed by atoms with Gasteiger partial charge in [0.05, 0.1) is 0 Å². The summed E-state index contributed by atoms with van der Waals surface area (Å²) in [5.74, 6) is -0.445. The first-order valence-corrected chi connectivity index (χ1v) is 7.81. The molecule has 9 heteroatoms. The topological polar surface area (TPSA) is 93.4 Å². The van der Waals surface area contributed by atoms with Crippen molar-refractivity contribution in [3.05, 3.63) is 67.3 Å². The SMILES string of the molecule is O=c1[nH]c(/C(=N\OCc2nc(Br)cs2)c2ccccc2)no1. The number of nitrogens with one attached hydrogen (secondary N) is 1. The molecule has 3 aromatic rings. The lowest BCUT2D eigenvalue weighted by molar-refractivity contribution is 0.130. The van der Waals surface area contributed by atoms with Gasteiger partial charge in [-0.2, -0.15) is 0 Å². The Kier molecular flexibility index (Phi) is 4.45. The number of hydrogen-bond acceptors (Lipinski definition) is 7. The fourth-order valence-electron chi connectivity index (χ4n) is 1.67. The Hall–Kier alpha value is -2.26. The third-order valence-corrected chi connectivity index (χ3v) is 4.11. The molecule has 1 aromatic carbocycles. The van der Waals surface area contributed by atoms with Crippen molar-refractivity contribution in [2.75, 3.05) is 0 Å². The van der Waals surface area contributed by atoms with E-state index in [1.54, 1.807) is 0 Å². The minimum atomic E-state index is -0.650. The third-order valence-electron chi connectivity index (χ3n) is 2.58. The number of hydrogen-bond donors (Lipinski definition) is 1. The zero-order valence-corrected chi connectivity index (χ0v) is 13.4. The van der Waals surface area contributed by atoms with Gasteiger partial charge >= 0.3 is 5.76 Å². The van der Waals surface area contributed by atoms with Gasteiger partial charge in [-0.05, 0) is 15.9 Å². The molecule has 0 saturated carbocycles. The molecule has 0 fully saturated rings. The van der Waals surface area contributed by atoms with E-state index in [1.807, 2.05) is 35.7 Å². The van der Waals surface area contributed by atoms with E-state index in [0.29, 0.717) is 5.71 Å². The molecule has 0 aliphatic carbocycles. The van der Waals surface area contributed by atoms with Gasteiger partial charge in [0.15, 0.2) is 12.3 Å². The molecule has 1 N–H and O–H groups in total. The molecule has 2 heterocycles. The molecule has 0 spiro atoms. The first-order chi connectivity index (χ1) is 10.7. The first-order valence-electron chi connectivity index (χ1n) is 6.14. The van der Waals surface area contributed by atoms with E-state index in [9.17, 15) is 4.79 Å². The Morgan fingerprint density at radius 3 is 2.86 bits per heavy atom. The molecule has 0 unspecified atom stereocenters. The lowest BCUT2D eigenvalue weighted by Gasteiger charge is -2.02. The van der Waals surface area contributed by atoms with E-state index >= 15 is 0 Å². The number of thiazole rings is 1. The fourth-order valence-corrected chi connectivity index (χ4v) is 2.84. The highest BCUT2D eigenvalue weighted by Gasteiger charge is 2.13. The number of benzene rings is 1. The number of halogens is 1. The summed E-state index contributed by atoms with van der Waals surface area (Å²) < 4.78 is 5.27. The van der Waals surface area contributed by atoms with Gasteiger partial charge in [0, 0.05) is 10.9 Å². The quantitative estimate of drug-likeness (QED) is 0.542. The second kappa shape index (κ2) is 6.67. The molecular formula is C13H9BrN4O3S. The summed E-state index contributed by atoms with van der Waals surface area (Å²) in [6.45, 7) is 0.217. The maximum absolute atomic E-state index is 11.1. The van der Waals surface area contributed by atoms with Crippen LogP contribution in [0, 0.1) is 0 Å². The summed E-state index contributed by atoms with van der Waals surface area (Å²) in [5, 5.41) is 10.3. The molecule has 0 amide bonds. The Morgan fingerprint density at radius 1 is 1.41 bits per heavy atom. The van der Waals surface area contributed by atoms with Crippen molar-refractivity contribution in [1.29, 1.82) is 0 Å². The molecule has 0 aliphatic rings. The van der Waals surface area contributed by atoms with Crippen LogP contribution in [0.1, 0.15) is 16.4 Å². The number of rotatable bonds is 5. The molecule has 0 atom stereocenters. The molecule has 3 rings (SSSR count). The lowest BCUT2D eigenvalue weighted by atomic mass is 10.1. The van der Waals surface area contributed by atoms with Crippen molar-refractivity contribution in [2.45, 2.75) is 6.61 Å². The van der Waals surface area contributed by atoms with Gasteiger partial charge in [-0.25, -0.2) is 9.78 Å². The number of aromatic nitrogens is 3. The molecule has 2 aromatic heterocycles. The van der Waals surface area contributed by atoms with Gasteiger partial charge < -0.3 is 4.84 Å². The fraction of sp³-hybridized carbons (Fsp3) is 0.0769. The van der Waals surface area contributed by atoms with E-state index in [4.69, 9.17) is 4.84 Å². The van der Waals surface area contributed by atoms with E-state index in [0.717, 1.165) is 15.2 Å². The summed E-state index contributed by atoms with van der Waals surface area (Å²) in [6, 6.07) is 9.23. The van der Waals surface area contributed by atoms with Crippen molar-refractivity contribution in [2.24, 2.45) is 5.16 Å². The minimum Gasteiger partial charge on any atom is -0.388 e. The van der Waals surface area contributed by atoms with E-state index in [-0.39, 0.29) is 12.4 Å². The van der Waals surface area contributed by atoms with Crippen LogP contribution < -0.4 is 5.76 Å². The smallest absolute Gasteiger partial charge is 0.388 e. The first kappa shape index (κ1) is 14.7. The highest BCUT2D eigenvalue weighted by atomic mass is 79.9. The highest BCUT2D eigenvalue weighted by Crippen LogP contribution is 2.16. The predicted octanol–water partition coefficient (Wildman–Crippen LogP) is 2.55. The summed E-state index contributed by atoms with van der Waals surface area (Å²) in [5.41, 5.74) is 1.12. The molecule has 0 aliphatic heterocycles. The molecule has 0 bridgehead atoms. The summed E-state index contributed by atoms with van der Waals surface area (Å²) in [4.78, 5) is 23.1. The molecule has 22 heavy (non-hydrogen) atoms. The van der Waals surface area contributed by atoms with Gasteiger partial charge in [-0.15, -0.1) is 11.3 Å². The Balaban J connectivity index is 1.85. The van der Waals surface area contributed by atoms with Gasteiger partial charge in [0.1, 0.15) is 9.61 Å². The van der Waals surface area contributed by atoms with Crippen LogP contribution in [0.2, 0.25) is 0 Å². The van der Waals surface area contributed by atoms with Crippen LogP contribution in [0.3, 0.4) is 0 Å². The second-order valence-electron chi connectivity index (χ2n) is 4.09. The van der Waals surface area contributed by atoms with E-state index in [1.165, 1.54) is 11.3 Å². The predicted molar refractivity (Wildman–Crippen MR) is 83.8 cm³/mol. The zero-order valence-electron chi connectivity index (χ0n) is 11.0. The monoisotopic (exact) mass is 380 g/mol. The molecular weight excluding hydrogens is 372 g/mol. The number of nitrogens with zero attached hydrogens (tertiary/aromatic N) is 3. The van der Waals surface area contributed by atoms with Crippen LogP contribution in [-0.2, 0) is 11.4 Å². The summed E-state index contributed by atoms with van der Waals surface area (Å²) in [6.07, 6.45) is 0.